The van der Waals surface area contributed by atoms with E-state index >= 15 is 0 Å². The molecule has 0 amide bonds. The first kappa shape index (κ1) is 7.53. The van der Waals surface area contributed by atoms with E-state index in [9.17, 15) is 0 Å². The smallest absolute Gasteiger partial charge is 0.183 e. The summed E-state index contributed by atoms with van der Waals surface area (Å²) in [6.07, 6.45) is 5.18. The summed E-state index contributed by atoms with van der Waals surface area (Å²) >= 11 is 7.20. The zero-order chi connectivity index (χ0) is 7.90. The van der Waals surface area contributed by atoms with E-state index in [2.05, 4.69) is 4.98 Å². The molecule has 0 aromatic carbocycles. The molecule has 1 saturated carbocycles. The van der Waals surface area contributed by atoms with Crippen LogP contribution >= 0.6 is 22.9 Å². The summed E-state index contributed by atoms with van der Waals surface area (Å²) in [4.78, 5) is 5.10. The Morgan fingerprint density at radius 3 is 2.73 bits per heavy atom. The molecule has 0 bridgehead atoms. The molecule has 0 saturated heterocycles. The van der Waals surface area contributed by atoms with Crippen molar-refractivity contribution in [2.45, 2.75) is 24.8 Å². The van der Waals surface area contributed by atoms with Crippen LogP contribution < -0.4 is 5.73 Å². The molecule has 2 nitrogen and oxygen atoms in total. The van der Waals surface area contributed by atoms with Crippen molar-refractivity contribution in [2.24, 2.45) is 5.73 Å². The fraction of sp³-hybridized carbons (Fsp3) is 0.571. The number of nitrogens with zero attached hydrogens (tertiary/aromatic N) is 1. The Morgan fingerprint density at radius 2 is 2.36 bits per heavy atom. The second kappa shape index (κ2) is 2.44. The average molecular weight is 189 g/mol. The Balaban J connectivity index is 2.28. The van der Waals surface area contributed by atoms with Crippen molar-refractivity contribution in [1.29, 1.82) is 0 Å². The van der Waals surface area contributed by atoms with E-state index in [0.717, 1.165) is 17.7 Å². The molecule has 0 aliphatic heterocycles. The van der Waals surface area contributed by atoms with Crippen LogP contribution in [0.4, 0.5) is 0 Å². The summed E-state index contributed by atoms with van der Waals surface area (Å²) in [6.45, 7) is 0. The van der Waals surface area contributed by atoms with Crippen LogP contribution in [0.15, 0.2) is 6.20 Å². The summed E-state index contributed by atoms with van der Waals surface area (Å²) in [7, 11) is 0. The van der Waals surface area contributed by atoms with Gasteiger partial charge in [0.05, 0.1) is 5.54 Å². The number of aromatic nitrogens is 1. The van der Waals surface area contributed by atoms with Crippen LogP contribution in [0.3, 0.4) is 0 Å². The first-order valence-electron chi connectivity index (χ1n) is 3.61. The van der Waals surface area contributed by atoms with E-state index in [0.29, 0.717) is 4.47 Å². The molecule has 2 N–H and O–H groups in total. The SMILES string of the molecule is NC1(c2cnc(Cl)s2)CCC1. The number of nitrogens with two attached hydrogens (primary N) is 1. The lowest BCUT2D eigenvalue weighted by Gasteiger charge is -2.36. The second-order valence-corrected chi connectivity index (χ2v) is 4.60. The number of halogens is 1. The zero-order valence-corrected chi connectivity index (χ0v) is 7.58. The van der Waals surface area contributed by atoms with Gasteiger partial charge >= 0.3 is 0 Å². The Labute approximate surface area is 74.4 Å². The van der Waals surface area contributed by atoms with E-state index in [4.69, 9.17) is 17.3 Å². The molecule has 1 aliphatic rings. The molecular formula is C7H9ClN2S. The van der Waals surface area contributed by atoms with Crippen molar-refractivity contribution in [3.63, 3.8) is 0 Å². The molecule has 0 atom stereocenters. The second-order valence-electron chi connectivity index (χ2n) is 2.99. The molecule has 4 heteroatoms. The molecule has 11 heavy (non-hydrogen) atoms. The van der Waals surface area contributed by atoms with Crippen LogP contribution in [0, 0.1) is 0 Å². The third kappa shape index (κ3) is 1.17. The third-order valence-electron chi connectivity index (χ3n) is 2.21. The van der Waals surface area contributed by atoms with Gasteiger partial charge in [-0.15, -0.1) is 11.3 Å². The van der Waals surface area contributed by atoms with Crippen LogP contribution in [0.2, 0.25) is 4.47 Å². The van der Waals surface area contributed by atoms with Gasteiger partial charge in [0.25, 0.3) is 0 Å². The molecule has 2 rings (SSSR count). The van der Waals surface area contributed by atoms with Crippen LogP contribution in [0.1, 0.15) is 24.1 Å². The predicted molar refractivity (Wildman–Crippen MR) is 46.8 cm³/mol. The van der Waals surface area contributed by atoms with Crippen molar-refractivity contribution >= 4 is 22.9 Å². The fourth-order valence-electron chi connectivity index (χ4n) is 1.29. The average Bonchev–Trinajstić information content (AvgIpc) is 2.31. The summed E-state index contributed by atoms with van der Waals surface area (Å²) in [5, 5.41) is 0. The first-order valence-corrected chi connectivity index (χ1v) is 4.81. The standard InChI is InChI=1S/C7H9ClN2S/c8-6-10-4-5(11-6)7(9)2-1-3-7/h4H,1-3,9H2. The maximum absolute atomic E-state index is 6.05. The van der Waals surface area contributed by atoms with Crippen molar-refractivity contribution < 1.29 is 0 Å². The fourth-order valence-corrected chi connectivity index (χ4v) is 2.38. The van der Waals surface area contributed by atoms with E-state index < -0.39 is 0 Å². The largest absolute Gasteiger partial charge is 0.321 e. The minimum atomic E-state index is -0.0925. The van der Waals surface area contributed by atoms with Gasteiger partial charge in [-0.25, -0.2) is 4.98 Å². The Morgan fingerprint density at radius 1 is 1.64 bits per heavy atom. The van der Waals surface area contributed by atoms with E-state index in [1.54, 1.807) is 6.20 Å². The van der Waals surface area contributed by atoms with Crippen LogP contribution in [0.25, 0.3) is 0 Å². The maximum Gasteiger partial charge on any atom is 0.183 e. The lowest BCUT2D eigenvalue weighted by molar-refractivity contribution is 0.259. The molecule has 0 radical (unpaired) electrons. The topological polar surface area (TPSA) is 38.9 Å². The van der Waals surface area contributed by atoms with Gasteiger partial charge in [-0.3, -0.25) is 0 Å². The minimum absolute atomic E-state index is 0.0925. The maximum atomic E-state index is 6.05. The molecule has 1 heterocycles. The Bertz CT molecular complexity index is 267. The van der Waals surface area contributed by atoms with E-state index in [-0.39, 0.29) is 5.54 Å². The number of hydrogen-bond donors (Lipinski definition) is 1. The number of rotatable bonds is 1. The highest BCUT2D eigenvalue weighted by Gasteiger charge is 2.35. The quantitative estimate of drug-likeness (QED) is 0.734. The zero-order valence-electron chi connectivity index (χ0n) is 6.01. The Kier molecular flexibility index (Phi) is 1.67. The number of thiazole rings is 1. The van der Waals surface area contributed by atoms with Gasteiger partial charge in [0.1, 0.15) is 0 Å². The Hall–Kier alpha value is -0.120. The van der Waals surface area contributed by atoms with Crippen LogP contribution in [-0.2, 0) is 5.54 Å². The van der Waals surface area contributed by atoms with Crippen molar-refractivity contribution in [1.82, 2.24) is 4.98 Å². The van der Waals surface area contributed by atoms with E-state index in [1.807, 2.05) is 0 Å². The van der Waals surface area contributed by atoms with Crippen LogP contribution in [0.5, 0.6) is 0 Å². The molecule has 60 valence electrons. The van der Waals surface area contributed by atoms with Gasteiger partial charge in [0.15, 0.2) is 4.47 Å². The highest BCUT2D eigenvalue weighted by Crippen LogP contribution is 2.41. The summed E-state index contributed by atoms with van der Waals surface area (Å²) in [5.41, 5.74) is 5.96. The van der Waals surface area contributed by atoms with Crippen molar-refractivity contribution in [2.75, 3.05) is 0 Å². The van der Waals surface area contributed by atoms with Crippen molar-refractivity contribution in [3.8, 4) is 0 Å². The van der Waals surface area contributed by atoms with Crippen LogP contribution in [-0.4, -0.2) is 4.98 Å². The highest BCUT2D eigenvalue weighted by atomic mass is 35.5. The van der Waals surface area contributed by atoms with Gasteiger partial charge < -0.3 is 5.73 Å². The molecular weight excluding hydrogens is 180 g/mol. The molecule has 1 fully saturated rings. The summed E-state index contributed by atoms with van der Waals surface area (Å²) < 4.78 is 0.594. The predicted octanol–water partition coefficient (Wildman–Crippen LogP) is 2.13. The monoisotopic (exact) mass is 188 g/mol. The minimum Gasteiger partial charge on any atom is -0.321 e. The lowest BCUT2D eigenvalue weighted by Crippen LogP contribution is -2.42. The van der Waals surface area contributed by atoms with Gasteiger partial charge in [0.2, 0.25) is 0 Å². The highest BCUT2D eigenvalue weighted by molar-refractivity contribution is 7.15. The summed E-state index contributed by atoms with van der Waals surface area (Å²) in [5.74, 6) is 0. The molecule has 0 spiro atoms. The van der Waals surface area contributed by atoms with Gasteiger partial charge in [-0.05, 0) is 19.3 Å². The van der Waals surface area contributed by atoms with E-state index in [1.165, 1.54) is 17.8 Å². The van der Waals surface area contributed by atoms with Gasteiger partial charge in [-0.1, -0.05) is 11.6 Å². The third-order valence-corrected chi connectivity index (χ3v) is 3.55. The molecule has 1 aromatic heterocycles. The van der Waals surface area contributed by atoms with Gasteiger partial charge in [0, 0.05) is 11.1 Å². The number of hydrogen-bond acceptors (Lipinski definition) is 3. The first-order chi connectivity index (χ1) is 5.21. The molecule has 1 aliphatic carbocycles. The normalized spacial score (nSPS) is 21.3. The molecule has 1 aromatic rings. The van der Waals surface area contributed by atoms with Crippen molar-refractivity contribution in [3.05, 3.63) is 15.5 Å². The molecule has 0 unspecified atom stereocenters. The summed E-state index contributed by atoms with van der Waals surface area (Å²) in [6, 6.07) is 0. The van der Waals surface area contributed by atoms with Gasteiger partial charge in [-0.2, -0.15) is 0 Å². The lowest BCUT2D eigenvalue weighted by atomic mass is 9.77.